The van der Waals surface area contributed by atoms with Crippen LogP contribution in [0.5, 0.6) is 0 Å². The molecule has 1 aliphatic heterocycles. The van der Waals surface area contributed by atoms with Crippen LogP contribution in [0.1, 0.15) is 58.8 Å². The Morgan fingerprint density at radius 2 is 1.81 bits per heavy atom. The smallest absolute Gasteiger partial charge is 0.317 e. The van der Waals surface area contributed by atoms with E-state index in [2.05, 4.69) is 10.6 Å². The number of rotatable bonds is 6. The Balaban J connectivity index is 1.86. The molecule has 0 aromatic rings. The first kappa shape index (κ1) is 20.5. The highest BCUT2D eigenvalue weighted by Gasteiger charge is 2.40. The Bertz CT molecular complexity index is 515. The predicted molar refractivity (Wildman–Crippen MR) is 98.7 cm³/mol. The summed E-state index contributed by atoms with van der Waals surface area (Å²) in [6.45, 7) is 5.94. The SMILES string of the molecule is CC(C)CNC(=O)N1CCCC(C(=O)NCC2(C(=O)O)CCCCC2)C1. The first-order valence-corrected chi connectivity index (χ1v) is 9.88. The van der Waals surface area contributed by atoms with E-state index in [4.69, 9.17) is 0 Å². The molecule has 148 valence electrons. The largest absolute Gasteiger partial charge is 0.481 e. The topological polar surface area (TPSA) is 98.7 Å². The monoisotopic (exact) mass is 367 g/mol. The molecule has 0 bridgehead atoms. The Morgan fingerprint density at radius 1 is 1.12 bits per heavy atom. The molecule has 0 spiro atoms. The number of hydrogen-bond donors (Lipinski definition) is 3. The molecular weight excluding hydrogens is 334 g/mol. The summed E-state index contributed by atoms with van der Waals surface area (Å²) < 4.78 is 0. The van der Waals surface area contributed by atoms with Crippen LogP contribution in [-0.2, 0) is 9.59 Å². The molecular formula is C19H33N3O4. The summed E-state index contributed by atoms with van der Waals surface area (Å²) in [7, 11) is 0. The van der Waals surface area contributed by atoms with Crippen LogP contribution in [0.25, 0.3) is 0 Å². The standard InChI is InChI=1S/C19H33N3O4/c1-14(2)11-20-18(26)22-10-6-7-15(12-22)16(23)21-13-19(17(24)25)8-4-3-5-9-19/h14-15H,3-13H2,1-2H3,(H,20,26)(H,21,23)(H,24,25). The van der Waals surface area contributed by atoms with Crippen molar-refractivity contribution in [2.24, 2.45) is 17.3 Å². The fourth-order valence-corrected chi connectivity index (χ4v) is 3.87. The van der Waals surface area contributed by atoms with Crippen LogP contribution in [0.2, 0.25) is 0 Å². The second-order valence-electron chi connectivity index (χ2n) is 8.23. The van der Waals surface area contributed by atoms with E-state index in [1.165, 1.54) is 0 Å². The molecule has 7 nitrogen and oxygen atoms in total. The molecule has 1 atom stereocenters. The van der Waals surface area contributed by atoms with Gasteiger partial charge in [0.2, 0.25) is 5.91 Å². The van der Waals surface area contributed by atoms with Crippen molar-refractivity contribution in [3.8, 4) is 0 Å². The first-order chi connectivity index (χ1) is 12.3. The number of likely N-dealkylation sites (tertiary alicyclic amines) is 1. The molecule has 2 aliphatic rings. The molecule has 26 heavy (non-hydrogen) atoms. The molecule has 1 aliphatic carbocycles. The number of urea groups is 1. The summed E-state index contributed by atoms with van der Waals surface area (Å²) in [6.07, 6.45) is 5.63. The number of piperidine rings is 1. The Hall–Kier alpha value is -1.79. The quantitative estimate of drug-likeness (QED) is 0.670. The van der Waals surface area contributed by atoms with Gasteiger partial charge in [0.15, 0.2) is 0 Å². The molecule has 1 saturated heterocycles. The van der Waals surface area contributed by atoms with Gasteiger partial charge in [-0.05, 0) is 31.6 Å². The van der Waals surface area contributed by atoms with Crippen molar-refractivity contribution in [1.82, 2.24) is 15.5 Å². The second kappa shape index (κ2) is 9.24. The van der Waals surface area contributed by atoms with Gasteiger partial charge >= 0.3 is 12.0 Å². The average Bonchev–Trinajstić information content (AvgIpc) is 2.64. The summed E-state index contributed by atoms with van der Waals surface area (Å²) in [4.78, 5) is 38.2. The summed E-state index contributed by atoms with van der Waals surface area (Å²) >= 11 is 0. The zero-order valence-electron chi connectivity index (χ0n) is 16.1. The summed E-state index contributed by atoms with van der Waals surface area (Å²) in [6, 6.07) is -0.120. The normalized spacial score (nSPS) is 22.7. The maximum absolute atomic E-state index is 12.6. The van der Waals surface area contributed by atoms with Crippen LogP contribution in [0.15, 0.2) is 0 Å². The van der Waals surface area contributed by atoms with Crippen LogP contribution < -0.4 is 10.6 Å². The van der Waals surface area contributed by atoms with Crippen molar-refractivity contribution in [3.05, 3.63) is 0 Å². The lowest BCUT2D eigenvalue weighted by atomic mass is 9.74. The predicted octanol–water partition coefficient (Wildman–Crippen LogP) is 2.22. The number of aliphatic carboxylic acids is 1. The minimum absolute atomic E-state index is 0.120. The lowest BCUT2D eigenvalue weighted by Gasteiger charge is -2.35. The van der Waals surface area contributed by atoms with E-state index in [1.54, 1.807) is 4.90 Å². The van der Waals surface area contributed by atoms with Gasteiger partial charge in [-0.2, -0.15) is 0 Å². The number of hydrogen-bond acceptors (Lipinski definition) is 3. The van der Waals surface area contributed by atoms with E-state index in [0.717, 1.165) is 32.1 Å². The van der Waals surface area contributed by atoms with E-state index in [1.807, 2.05) is 13.8 Å². The molecule has 3 amide bonds. The maximum atomic E-state index is 12.6. The van der Waals surface area contributed by atoms with E-state index < -0.39 is 11.4 Å². The van der Waals surface area contributed by atoms with Crippen LogP contribution in [0.4, 0.5) is 4.79 Å². The molecule has 3 N–H and O–H groups in total. The molecule has 0 aromatic carbocycles. The van der Waals surface area contributed by atoms with Crippen molar-refractivity contribution < 1.29 is 19.5 Å². The van der Waals surface area contributed by atoms with Crippen molar-refractivity contribution in [2.45, 2.75) is 58.8 Å². The molecule has 0 aromatic heterocycles. The molecule has 1 heterocycles. The van der Waals surface area contributed by atoms with Crippen molar-refractivity contribution in [3.63, 3.8) is 0 Å². The first-order valence-electron chi connectivity index (χ1n) is 9.88. The van der Waals surface area contributed by atoms with Gasteiger partial charge in [-0.15, -0.1) is 0 Å². The molecule has 1 unspecified atom stereocenters. The minimum atomic E-state index is -0.823. The van der Waals surface area contributed by atoms with Gasteiger partial charge in [-0.1, -0.05) is 33.1 Å². The fraction of sp³-hybridized carbons (Fsp3) is 0.842. The summed E-state index contributed by atoms with van der Waals surface area (Å²) in [5, 5.41) is 15.4. The summed E-state index contributed by atoms with van der Waals surface area (Å²) in [5.41, 5.74) is -0.823. The maximum Gasteiger partial charge on any atom is 0.317 e. The minimum Gasteiger partial charge on any atom is -0.481 e. The number of carbonyl (C=O) groups is 3. The number of amides is 3. The Kier molecular flexibility index (Phi) is 7.29. The van der Waals surface area contributed by atoms with Gasteiger partial charge < -0.3 is 20.6 Å². The zero-order valence-corrected chi connectivity index (χ0v) is 16.1. The molecule has 0 radical (unpaired) electrons. The number of carboxylic acid groups (broad SMARTS) is 1. The van der Waals surface area contributed by atoms with Gasteiger partial charge in [0.25, 0.3) is 0 Å². The highest BCUT2D eigenvalue weighted by atomic mass is 16.4. The van der Waals surface area contributed by atoms with E-state index in [0.29, 0.717) is 38.4 Å². The number of carboxylic acids is 1. The van der Waals surface area contributed by atoms with Gasteiger partial charge in [-0.25, -0.2) is 4.79 Å². The number of nitrogens with zero attached hydrogens (tertiary/aromatic N) is 1. The molecule has 2 fully saturated rings. The van der Waals surface area contributed by atoms with Gasteiger partial charge in [-0.3, -0.25) is 9.59 Å². The number of carbonyl (C=O) groups excluding carboxylic acids is 2. The van der Waals surface area contributed by atoms with Crippen molar-refractivity contribution in [2.75, 3.05) is 26.2 Å². The van der Waals surface area contributed by atoms with Crippen molar-refractivity contribution >= 4 is 17.9 Å². The Morgan fingerprint density at radius 3 is 2.42 bits per heavy atom. The fourth-order valence-electron chi connectivity index (χ4n) is 3.87. The zero-order chi connectivity index (χ0) is 19.2. The highest BCUT2D eigenvalue weighted by molar-refractivity contribution is 5.82. The van der Waals surface area contributed by atoms with Crippen LogP contribution in [0.3, 0.4) is 0 Å². The van der Waals surface area contributed by atoms with Crippen LogP contribution >= 0.6 is 0 Å². The third-order valence-electron chi connectivity index (χ3n) is 5.61. The lowest BCUT2D eigenvalue weighted by Crippen LogP contribution is -2.51. The lowest BCUT2D eigenvalue weighted by molar-refractivity contribution is -0.151. The third kappa shape index (κ3) is 5.35. The molecule has 7 heteroatoms. The van der Waals surface area contributed by atoms with E-state index >= 15 is 0 Å². The van der Waals surface area contributed by atoms with Gasteiger partial charge in [0.1, 0.15) is 0 Å². The third-order valence-corrected chi connectivity index (χ3v) is 5.61. The van der Waals surface area contributed by atoms with Gasteiger partial charge in [0.05, 0.1) is 11.3 Å². The average molecular weight is 367 g/mol. The van der Waals surface area contributed by atoms with Crippen LogP contribution in [0, 0.1) is 17.3 Å². The molecule has 1 saturated carbocycles. The highest BCUT2D eigenvalue weighted by Crippen LogP contribution is 2.36. The summed E-state index contributed by atoms with van der Waals surface area (Å²) in [5.74, 6) is -0.818. The Labute approximate surface area is 155 Å². The van der Waals surface area contributed by atoms with Crippen LogP contribution in [-0.4, -0.2) is 54.1 Å². The van der Waals surface area contributed by atoms with E-state index in [-0.39, 0.29) is 24.4 Å². The second-order valence-corrected chi connectivity index (χ2v) is 8.23. The number of nitrogens with one attached hydrogen (secondary N) is 2. The van der Waals surface area contributed by atoms with Gasteiger partial charge in [0, 0.05) is 26.2 Å². The molecule has 2 rings (SSSR count). The van der Waals surface area contributed by atoms with Crippen molar-refractivity contribution in [1.29, 1.82) is 0 Å². The van der Waals surface area contributed by atoms with E-state index in [9.17, 15) is 19.5 Å².